The van der Waals surface area contributed by atoms with Crippen LogP contribution < -0.4 is 0 Å². The molecule has 0 fully saturated rings. The predicted octanol–water partition coefficient (Wildman–Crippen LogP) is 2.15. The van der Waals surface area contributed by atoms with Gasteiger partial charge in [-0.25, -0.2) is 24.7 Å². The highest BCUT2D eigenvalue weighted by Gasteiger charge is 2.07. The zero-order valence-corrected chi connectivity index (χ0v) is 12.3. The van der Waals surface area contributed by atoms with Crippen molar-refractivity contribution in [3.8, 4) is 0 Å². The molecule has 0 saturated carbocycles. The molecule has 0 aliphatic carbocycles. The van der Waals surface area contributed by atoms with Crippen molar-refractivity contribution in [1.29, 1.82) is 0 Å². The number of halogens is 1. The average Bonchev–Trinajstić information content (AvgIpc) is 2.66. The molecule has 18 heavy (non-hydrogen) atoms. The summed E-state index contributed by atoms with van der Waals surface area (Å²) in [5, 5.41) is 4.55. The van der Waals surface area contributed by atoms with Crippen LogP contribution in [0.15, 0.2) is 12.4 Å². The molecule has 5 nitrogen and oxygen atoms in total. The maximum atomic E-state index is 5.82. The normalized spacial score (nSPS) is 13.1. The van der Waals surface area contributed by atoms with E-state index in [9.17, 15) is 0 Å². The maximum absolute atomic E-state index is 5.82. The number of nitrogens with zero attached hydrogens (tertiary/aromatic N) is 4. The van der Waals surface area contributed by atoms with Gasteiger partial charge in [0.05, 0.1) is 19.0 Å². The van der Waals surface area contributed by atoms with Crippen LogP contribution in [-0.2, 0) is 11.5 Å². The fourth-order valence-corrected chi connectivity index (χ4v) is 2.13. The Labute approximate surface area is 113 Å². The van der Waals surface area contributed by atoms with Crippen molar-refractivity contribution in [3.05, 3.63) is 17.5 Å². The van der Waals surface area contributed by atoms with E-state index in [1.807, 2.05) is 0 Å². The van der Waals surface area contributed by atoms with E-state index < -0.39 is 10.0 Å². The minimum Gasteiger partial charge on any atom is -0.358 e. The predicted molar refractivity (Wildman–Crippen MR) is 76.5 cm³/mol. The molecule has 0 aliphatic rings. The Balaban J connectivity index is 1.98. The minimum absolute atomic E-state index is 0.364. The molecule has 0 spiro atoms. The van der Waals surface area contributed by atoms with E-state index in [-0.39, 0.29) is 0 Å². The second-order valence-electron chi connectivity index (χ2n) is 4.88. The topological polar surface area (TPSA) is 52.8 Å². The van der Waals surface area contributed by atoms with Crippen LogP contribution in [0.25, 0.3) is 11.2 Å². The van der Waals surface area contributed by atoms with Crippen LogP contribution in [-0.4, -0.2) is 50.9 Å². The molecule has 2 rings (SSSR count). The van der Waals surface area contributed by atoms with E-state index in [0.29, 0.717) is 17.5 Å². The maximum Gasteiger partial charge on any atom is 0.180 e. The van der Waals surface area contributed by atoms with Gasteiger partial charge >= 0.3 is 0 Å². The lowest BCUT2D eigenvalue weighted by Gasteiger charge is -2.24. The largest absolute Gasteiger partial charge is 0.358 e. The first kappa shape index (κ1) is 13.6. The molecule has 0 amide bonds. The van der Waals surface area contributed by atoms with E-state index in [4.69, 9.17) is 16.3 Å². The lowest BCUT2D eigenvalue weighted by Crippen LogP contribution is -2.11. The van der Waals surface area contributed by atoms with Gasteiger partial charge in [0, 0.05) is 5.75 Å². The minimum atomic E-state index is -0.518. The van der Waals surface area contributed by atoms with Crippen molar-refractivity contribution in [3.63, 3.8) is 0 Å². The van der Waals surface area contributed by atoms with E-state index >= 15 is 0 Å². The smallest absolute Gasteiger partial charge is 0.180 e. The third kappa shape index (κ3) is 3.57. The molecule has 0 bridgehead atoms. The average molecular weight is 289 g/mol. The van der Waals surface area contributed by atoms with Crippen LogP contribution >= 0.6 is 21.6 Å². The second kappa shape index (κ2) is 5.42. The van der Waals surface area contributed by atoms with Crippen LogP contribution in [0.4, 0.5) is 0 Å². The van der Waals surface area contributed by atoms with Crippen LogP contribution in [0.1, 0.15) is 0 Å². The molecule has 2 aromatic rings. The Kier molecular flexibility index (Phi) is 4.09. The van der Waals surface area contributed by atoms with Crippen molar-refractivity contribution in [2.45, 2.75) is 6.73 Å². The highest BCUT2D eigenvalue weighted by Crippen LogP contribution is 2.33. The van der Waals surface area contributed by atoms with Crippen LogP contribution in [0.3, 0.4) is 0 Å². The van der Waals surface area contributed by atoms with E-state index in [2.05, 4.69) is 33.8 Å². The quantitative estimate of drug-likeness (QED) is 0.791. The van der Waals surface area contributed by atoms with Gasteiger partial charge in [-0.2, -0.15) is 5.10 Å². The molecule has 0 saturated heterocycles. The van der Waals surface area contributed by atoms with Gasteiger partial charge in [0.25, 0.3) is 0 Å². The Hall–Kier alpha value is -0.850. The fraction of sp³-hybridized carbons (Fsp3) is 0.545. The molecule has 2 aromatic heterocycles. The van der Waals surface area contributed by atoms with Crippen LogP contribution in [0.2, 0.25) is 5.15 Å². The Bertz CT molecular complexity index is 537. The van der Waals surface area contributed by atoms with E-state index in [0.717, 1.165) is 17.9 Å². The third-order valence-electron chi connectivity index (χ3n) is 2.37. The molecule has 0 atom stereocenters. The summed E-state index contributed by atoms with van der Waals surface area (Å²) in [4.78, 5) is 8.33. The Morgan fingerprint density at radius 2 is 2.11 bits per heavy atom. The number of aromatic nitrogens is 4. The summed E-state index contributed by atoms with van der Waals surface area (Å²) >= 11 is 5.82. The van der Waals surface area contributed by atoms with Gasteiger partial charge < -0.3 is 4.74 Å². The molecule has 0 radical (unpaired) electrons. The number of ether oxygens (including phenoxy) is 1. The van der Waals surface area contributed by atoms with Gasteiger partial charge in [-0.1, -0.05) is 11.6 Å². The zero-order valence-electron chi connectivity index (χ0n) is 10.8. The van der Waals surface area contributed by atoms with Crippen molar-refractivity contribution in [1.82, 2.24) is 19.7 Å². The number of fused-ring (bicyclic) bond motifs is 1. The Morgan fingerprint density at radius 3 is 2.83 bits per heavy atom. The number of hydrogen-bond acceptors (Lipinski definition) is 4. The van der Waals surface area contributed by atoms with Crippen molar-refractivity contribution in [2.24, 2.45) is 0 Å². The molecule has 0 N–H and O–H groups in total. The summed E-state index contributed by atoms with van der Waals surface area (Å²) in [5.74, 6) is 1.08. The summed E-state index contributed by atoms with van der Waals surface area (Å²) in [7, 11) is -0.518. The van der Waals surface area contributed by atoms with Gasteiger partial charge in [0.15, 0.2) is 5.65 Å². The highest BCUT2D eigenvalue weighted by molar-refractivity contribution is 8.32. The van der Waals surface area contributed by atoms with Crippen molar-refractivity contribution < 1.29 is 4.74 Å². The van der Waals surface area contributed by atoms with Crippen molar-refractivity contribution >= 4 is 32.8 Å². The first-order chi connectivity index (χ1) is 8.46. The van der Waals surface area contributed by atoms with Crippen LogP contribution in [0, 0.1) is 0 Å². The van der Waals surface area contributed by atoms with Gasteiger partial charge in [-0.3, -0.25) is 0 Å². The Morgan fingerprint density at radius 1 is 1.33 bits per heavy atom. The van der Waals surface area contributed by atoms with E-state index in [1.54, 1.807) is 10.9 Å². The van der Waals surface area contributed by atoms with Gasteiger partial charge in [-0.05, 0) is 18.8 Å². The molecular formula is C11H17ClN4OS. The first-order valence-corrected chi connectivity index (χ1v) is 8.94. The van der Waals surface area contributed by atoms with Gasteiger partial charge in [0.2, 0.25) is 0 Å². The lowest BCUT2D eigenvalue weighted by atomic mass is 10.5. The van der Waals surface area contributed by atoms with E-state index in [1.165, 1.54) is 6.20 Å². The molecule has 2 heterocycles. The van der Waals surface area contributed by atoms with Crippen molar-refractivity contribution in [2.75, 3.05) is 31.1 Å². The number of hydrogen-bond donors (Lipinski definition) is 0. The molecule has 7 heteroatoms. The summed E-state index contributed by atoms with van der Waals surface area (Å²) in [5.41, 5.74) is 1.38. The molecule has 100 valence electrons. The lowest BCUT2D eigenvalue weighted by molar-refractivity contribution is 0.0836. The van der Waals surface area contributed by atoms with Gasteiger partial charge in [0.1, 0.15) is 17.4 Å². The third-order valence-corrected chi connectivity index (χ3v) is 3.94. The molecular weight excluding hydrogens is 272 g/mol. The molecule has 0 unspecified atom stereocenters. The van der Waals surface area contributed by atoms with Crippen LogP contribution in [0.5, 0.6) is 0 Å². The number of rotatable bonds is 5. The highest BCUT2D eigenvalue weighted by atomic mass is 35.5. The summed E-state index contributed by atoms with van der Waals surface area (Å²) in [6.07, 6.45) is 9.98. The summed E-state index contributed by atoms with van der Waals surface area (Å²) in [6, 6.07) is 0. The summed E-state index contributed by atoms with van der Waals surface area (Å²) < 4.78 is 7.29. The fourth-order valence-electron chi connectivity index (χ4n) is 1.38. The summed E-state index contributed by atoms with van der Waals surface area (Å²) in [6.45, 7) is 1.11. The SMILES string of the molecule is CS(C)(C)CCOCn1ncc2ncc(Cl)nc21. The second-order valence-corrected chi connectivity index (χ2v) is 9.85. The molecule has 0 aromatic carbocycles. The monoisotopic (exact) mass is 288 g/mol. The zero-order chi connectivity index (χ0) is 13.2. The standard InChI is InChI=1S/C11H17ClN4OS/c1-18(2,3)5-4-17-8-16-11-9(6-14-16)13-7-10(12)15-11/h6-7H,4-5,8H2,1-3H3. The first-order valence-electron chi connectivity index (χ1n) is 5.53. The molecule has 0 aliphatic heterocycles. The van der Waals surface area contributed by atoms with Gasteiger partial charge in [-0.15, -0.1) is 0 Å².